The molecule has 1 amide bonds. The molecule has 3 N–H and O–H groups in total. The fraction of sp³-hybridized carbons (Fsp3) is 0.250. The number of carbonyl (C=O) groups is 1. The maximum atomic E-state index is 12.3. The van der Waals surface area contributed by atoms with Gasteiger partial charge in [-0.15, -0.1) is 21.5 Å². The minimum absolute atomic E-state index is 0.164. The quantitative estimate of drug-likeness (QED) is 0.435. The van der Waals surface area contributed by atoms with Gasteiger partial charge in [0.2, 0.25) is 15.9 Å². The molecule has 0 spiro atoms. The number of carbonyl (C=O) groups excluding carboxylic acids is 1. The monoisotopic (exact) mass is 421 g/mol. The molecule has 3 aromatic rings. The molecule has 0 radical (unpaired) electrons. The van der Waals surface area contributed by atoms with Crippen molar-refractivity contribution in [1.82, 2.24) is 30.0 Å². The summed E-state index contributed by atoms with van der Waals surface area (Å²) in [6, 6.07) is 8.50. The Kier molecular flexibility index (Phi) is 6.34. The minimum atomic E-state index is -3.60. The molecule has 0 fully saturated rings. The van der Waals surface area contributed by atoms with Crippen LogP contribution in [0.4, 0.5) is 5.82 Å². The summed E-state index contributed by atoms with van der Waals surface area (Å²) >= 11 is 1.12. The fourth-order valence-corrected chi connectivity index (χ4v) is 4.57. The summed E-state index contributed by atoms with van der Waals surface area (Å²) in [5, 5.41) is 17.8. The van der Waals surface area contributed by atoms with Crippen LogP contribution in [-0.2, 0) is 21.4 Å². The van der Waals surface area contributed by atoms with Crippen molar-refractivity contribution in [3.63, 3.8) is 0 Å². The van der Waals surface area contributed by atoms with Crippen LogP contribution < -0.4 is 15.4 Å². The van der Waals surface area contributed by atoms with E-state index >= 15 is 0 Å². The fourth-order valence-electron chi connectivity index (χ4n) is 2.20. The van der Waals surface area contributed by atoms with E-state index < -0.39 is 10.0 Å². The molecular formula is C16H19N7O3S2. The summed E-state index contributed by atoms with van der Waals surface area (Å²) in [6.07, 6.45) is 3.41. The number of thiophene rings is 1. The molecule has 0 unspecified atom stereocenters. The molecule has 0 aliphatic rings. The third-order valence-electron chi connectivity index (χ3n) is 3.53. The number of sulfonamides is 1. The largest absolute Gasteiger partial charge is 0.367 e. The smallest absolute Gasteiger partial charge is 0.250 e. The maximum absolute atomic E-state index is 12.3. The van der Waals surface area contributed by atoms with Crippen molar-refractivity contribution in [2.75, 3.05) is 18.4 Å². The molecule has 0 atom stereocenters. The van der Waals surface area contributed by atoms with Gasteiger partial charge in [-0.3, -0.25) is 4.79 Å². The van der Waals surface area contributed by atoms with Crippen LogP contribution in [0.1, 0.15) is 11.8 Å². The van der Waals surface area contributed by atoms with E-state index in [2.05, 4.69) is 30.7 Å². The van der Waals surface area contributed by atoms with E-state index in [4.69, 9.17) is 0 Å². The van der Waals surface area contributed by atoms with Crippen LogP contribution >= 0.6 is 11.3 Å². The third kappa shape index (κ3) is 5.34. The normalized spacial score (nSPS) is 11.3. The van der Waals surface area contributed by atoms with E-state index in [0.29, 0.717) is 24.7 Å². The van der Waals surface area contributed by atoms with E-state index in [9.17, 15) is 13.2 Å². The summed E-state index contributed by atoms with van der Waals surface area (Å²) in [7, 11) is -3.60. The van der Waals surface area contributed by atoms with Gasteiger partial charge >= 0.3 is 0 Å². The number of nitrogens with zero attached hydrogens (tertiary/aromatic N) is 4. The second-order valence-electron chi connectivity index (χ2n) is 5.68. The van der Waals surface area contributed by atoms with Crippen LogP contribution in [0.15, 0.2) is 46.9 Å². The molecule has 3 heterocycles. The Morgan fingerprint density at radius 1 is 1.18 bits per heavy atom. The van der Waals surface area contributed by atoms with Crippen molar-refractivity contribution in [3.05, 3.63) is 47.6 Å². The van der Waals surface area contributed by atoms with E-state index in [1.807, 2.05) is 0 Å². The van der Waals surface area contributed by atoms with Crippen LogP contribution in [0.25, 0.3) is 5.82 Å². The summed E-state index contributed by atoms with van der Waals surface area (Å²) in [5.74, 6) is 0.954. The topological polar surface area (TPSA) is 131 Å². The van der Waals surface area contributed by atoms with Gasteiger partial charge in [0.25, 0.3) is 0 Å². The van der Waals surface area contributed by atoms with Crippen molar-refractivity contribution in [2.45, 2.75) is 17.7 Å². The van der Waals surface area contributed by atoms with E-state index in [-0.39, 0.29) is 16.7 Å². The average Bonchev–Trinajstić information content (AvgIpc) is 3.36. The van der Waals surface area contributed by atoms with E-state index in [1.165, 1.54) is 13.0 Å². The highest BCUT2D eigenvalue weighted by Gasteiger charge is 2.16. The van der Waals surface area contributed by atoms with Gasteiger partial charge in [0.1, 0.15) is 10.0 Å². The Morgan fingerprint density at radius 3 is 2.71 bits per heavy atom. The number of amides is 1. The van der Waals surface area contributed by atoms with E-state index in [0.717, 1.165) is 16.2 Å². The summed E-state index contributed by atoms with van der Waals surface area (Å²) in [5.41, 5.74) is 0. The Bertz CT molecular complexity index is 1010. The van der Waals surface area contributed by atoms with Crippen LogP contribution in [0.5, 0.6) is 0 Å². The lowest BCUT2D eigenvalue weighted by Gasteiger charge is -2.07. The molecular weight excluding hydrogens is 402 g/mol. The zero-order chi connectivity index (χ0) is 20.0. The molecule has 0 aromatic carbocycles. The highest BCUT2D eigenvalue weighted by Crippen LogP contribution is 2.21. The first-order valence-corrected chi connectivity index (χ1v) is 10.6. The van der Waals surface area contributed by atoms with Crippen molar-refractivity contribution in [2.24, 2.45) is 0 Å². The van der Waals surface area contributed by atoms with Gasteiger partial charge in [0, 0.05) is 37.3 Å². The molecule has 148 valence electrons. The molecule has 3 aromatic heterocycles. The lowest BCUT2D eigenvalue weighted by atomic mass is 10.4. The molecule has 0 saturated heterocycles. The zero-order valence-electron chi connectivity index (χ0n) is 15.0. The van der Waals surface area contributed by atoms with Gasteiger partial charge in [0.15, 0.2) is 5.82 Å². The molecule has 0 aliphatic carbocycles. The summed E-state index contributed by atoms with van der Waals surface area (Å²) < 4.78 is 29.0. The first kappa shape index (κ1) is 19.9. The second-order valence-corrected chi connectivity index (χ2v) is 8.84. The lowest BCUT2D eigenvalue weighted by molar-refractivity contribution is -0.119. The first-order chi connectivity index (χ1) is 13.4. The highest BCUT2D eigenvalue weighted by molar-refractivity contribution is 7.91. The summed E-state index contributed by atoms with van der Waals surface area (Å²) in [4.78, 5) is 11.7. The molecule has 12 heteroatoms. The Balaban J connectivity index is 1.47. The van der Waals surface area contributed by atoms with Gasteiger partial charge in [-0.05, 0) is 30.3 Å². The Labute approximate surface area is 166 Å². The lowest BCUT2D eigenvalue weighted by Crippen LogP contribution is -2.28. The predicted molar refractivity (Wildman–Crippen MR) is 105 cm³/mol. The number of anilines is 1. The number of hydrogen-bond donors (Lipinski definition) is 3. The standard InChI is InChI=1S/C16H19N7O3S2/c1-12(24)18-11-13-3-6-16(27-13)28(25,26)20-9-8-17-14-4-5-15(22-21-14)23-10-2-7-19-23/h2-7,10,20H,8-9,11H2,1H3,(H,17,21)(H,18,24). The number of rotatable bonds is 9. The van der Waals surface area contributed by atoms with Gasteiger partial charge < -0.3 is 10.6 Å². The Hall–Kier alpha value is -2.83. The van der Waals surface area contributed by atoms with Crippen molar-refractivity contribution in [1.29, 1.82) is 0 Å². The second kappa shape index (κ2) is 8.91. The minimum Gasteiger partial charge on any atom is -0.367 e. The first-order valence-electron chi connectivity index (χ1n) is 8.34. The van der Waals surface area contributed by atoms with Crippen LogP contribution in [0.3, 0.4) is 0 Å². The molecule has 10 nitrogen and oxygen atoms in total. The number of nitrogens with one attached hydrogen (secondary N) is 3. The summed E-state index contributed by atoms with van der Waals surface area (Å²) in [6.45, 7) is 2.25. The van der Waals surface area contributed by atoms with Crippen LogP contribution in [0.2, 0.25) is 0 Å². The van der Waals surface area contributed by atoms with Crippen molar-refractivity contribution in [3.8, 4) is 5.82 Å². The molecule has 0 saturated carbocycles. The van der Waals surface area contributed by atoms with Crippen LogP contribution in [0, 0.1) is 0 Å². The predicted octanol–water partition coefficient (Wildman–Crippen LogP) is 0.750. The highest BCUT2D eigenvalue weighted by atomic mass is 32.2. The molecule has 0 bridgehead atoms. The van der Waals surface area contributed by atoms with Gasteiger partial charge in [0.05, 0.1) is 6.54 Å². The number of aromatic nitrogens is 4. The molecule has 28 heavy (non-hydrogen) atoms. The van der Waals surface area contributed by atoms with Gasteiger partial charge in [-0.1, -0.05) is 0 Å². The Morgan fingerprint density at radius 2 is 2.04 bits per heavy atom. The molecule has 0 aliphatic heterocycles. The van der Waals surface area contributed by atoms with Crippen LogP contribution in [-0.4, -0.2) is 47.4 Å². The number of hydrogen-bond acceptors (Lipinski definition) is 8. The molecule has 3 rings (SSSR count). The zero-order valence-corrected chi connectivity index (χ0v) is 16.6. The SMILES string of the molecule is CC(=O)NCc1ccc(S(=O)(=O)NCCNc2ccc(-n3cccn3)nn2)s1. The third-order valence-corrected chi connectivity index (χ3v) is 6.56. The average molecular weight is 422 g/mol. The van der Waals surface area contributed by atoms with E-state index in [1.54, 1.807) is 41.3 Å². The maximum Gasteiger partial charge on any atom is 0.250 e. The van der Waals surface area contributed by atoms with Crippen molar-refractivity contribution < 1.29 is 13.2 Å². The van der Waals surface area contributed by atoms with Crippen molar-refractivity contribution >= 4 is 33.1 Å². The van der Waals surface area contributed by atoms with Gasteiger partial charge in [-0.25, -0.2) is 17.8 Å². The van der Waals surface area contributed by atoms with Gasteiger partial charge in [-0.2, -0.15) is 5.10 Å².